The number of nitrogens with zero attached hydrogens (tertiary/aromatic N) is 1. The normalized spacial score (nSPS) is 12.7. The van der Waals surface area contributed by atoms with Crippen LogP contribution < -0.4 is 16.4 Å². The highest BCUT2D eigenvalue weighted by atomic mass is 19.4. The second kappa shape index (κ2) is 9.37. The van der Waals surface area contributed by atoms with E-state index >= 15 is 0 Å². The van der Waals surface area contributed by atoms with Crippen molar-refractivity contribution in [2.45, 2.75) is 38.9 Å². The van der Waals surface area contributed by atoms with Crippen molar-refractivity contribution >= 4 is 17.3 Å². The fraction of sp³-hybridized carbons (Fsp3) is 0.562. The number of benzene rings is 1. The van der Waals surface area contributed by atoms with Crippen molar-refractivity contribution in [3.8, 4) is 0 Å². The maximum atomic E-state index is 12.7. The molecule has 1 aromatic rings. The zero-order chi connectivity index (χ0) is 19.9. The molecular weight excluding hydrogens is 353 g/mol. The minimum absolute atomic E-state index is 0.00672. The molecule has 0 saturated heterocycles. The molecule has 146 valence electrons. The van der Waals surface area contributed by atoms with Gasteiger partial charge in [-0.15, -0.1) is 0 Å². The minimum atomic E-state index is -4.67. The summed E-state index contributed by atoms with van der Waals surface area (Å²) in [5.41, 5.74) is 3.72. The summed E-state index contributed by atoms with van der Waals surface area (Å²) in [4.78, 5) is 22.0. The lowest BCUT2D eigenvalue weighted by molar-refractivity contribution is -0.384. The number of carbonyl (C=O) groups is 1. The number of rotatable bonds is 9. The van der Waals surface area contributed by atoms with Gasteiger partial charge in [-0.25, -0.2) is 0 Å². The number of nitro benzene ring substituents is 1. The summed E-state index contributed by atoms with van der Waals surface area (Å²) >= 11 is 0. The van der Waals surface area contributed by atoms with Crippen LogP contribution in [0.2, 0.25) is 0 Å². The van der Waals surface area contributed by atoms with E-state index in [2.05, 4.69) is 10.6 Å². The molecule has 0 aromatic heterocycles. The number of halogens is 3. The molecule has 0 aliphatic heterocycles. The summed E-state index contributed by atoms with van der Waals surface area (Å²) < 4.78 is 38.0. The van der Waals surface area contributed by atoms with E-state index in [1.807, 2.05) is 13.8 Å². The van der Waals surface area contributed by atoms with Crippen LogP contribution in [0.25, 0.3) is 0 Å². The minimum Gasteiger partial charge on any atom is -0.379 e. The van der Waals surface area contributed by atoms with E-state index in [-0.39, 0.29) is 30.6 Å². The zero-order valence-electron chi connectivity index (χ0n) is 14.6. The van der Waals surface area contributed by atoms with Gasteiger partial charge < -0.3 is 16.4 Å². The Morgan fingerprint density at radius 3 is 2.50 bits per heavy atom. The molecule has 7 nitrogen and oxygen atoms in total. The summed E-state index contributed by atoms with van der Waals surface area (Å²) in [6.45, 7) is 4.33. The van der Waals surface area contributed by atoms with E-state index in [4.69, 9.17) is 5.73 Å². The van der Waals surface area contributed by atoms with E-state index in [1.54, 1.807) is 0 Å². The number of hydrogen-bond acceptors (Lipinski definition) is 5. The van der Waals surface area contributed by atoms with Gasteiger partial charge in [-0.3, -0.25) is 14.9 Å². The third-order valence-corrected chi connectivity index (χ3v) is 3.59. The first-order valence-corrected chi connectivity index (χ1v) is 8.13. The van der Waals surface area contributed by atoms with Crippen LogP contribution in [0, 0.1) is 16.0 Å². The molecule has 1 rings (SSSR count). The van der Waals surface area contributed by atoms with Crippen LogP contribution in [-0.4, -0.2) is 30.0 Å². The van der Waals surface area contributed by atoms with Crippen molar-refractivity contribution in [2.24, 2.45) is 11.7 Å². The predicted molar refractivity (Wildman–Crippen MR) is 91.6 cm³/mol. The Morgan fingerprint density at radius 2 is 2.00 bits per heavy atom. The molecule has 1 atom stereocenters. The number of hydrogen-bond donors (Lipinski definition) is 3. The van der Waals surface area contributed by atoms with Gasteiger partial charge in [0.1, 0.15) is 5.69 Å². The molecule has 1 amide bonds. The zero-order valence-corrected chi connectivity index (χ0v) is 14.6. The molecule has 0 heterocycles. The monoisotopic (exact) mass is 376 g/mol. The van der Waals surface area contributed by atoms with Crippen LogP contribution in [0.15, 0.2) is 18.2 Å². The molecule has 0 aliphatic carbocycles. The lowest BCUT2D eigenvalue weighted by Crippen LogP contribution is -2.41. The van der Waals surface area contributed by atoms with Gasteiger partial charge in [0.25, 0.3) is 5.69 Å². The topological polar surface area (TPSA) is 110 Å². The number of nitrogens with two attached hydrogens (primary N) is 1. The van der Waals surface area contributed by atoms with E-state index < -0.39 is 22.4 Å². The number of carbonyl (C=O) groups excluding carboxylic acids is 1. The highest BCUT2D eigenvalue weighted by Gasteiger charge is 2.33. The SMILES string of the molecule is CC(C)CC(CN)NC(=O)CCNc1ccc(C(F)(F)F)cc1[N+](=O)[O-]. The molecular formula is C16H23F3N4O3. The van der Waals surface area contributed by atoms with Gasteiger partial charge >= 0.3 is 6.18 Å². The second-order valence-electron chi connectivity index (χ2n) is 6.29. The third kappa shape index (κ3) is 6.87. The van der Waals surface area contributed by atoms with Crippen molar-refractivity contribution in [1.29, 1.82) is 0 Å². The van der Waals surface area contributed by atoms with Gasteiger partial charge in [0, 0.05) is 31.6 Å². The van der Waals surface area contributed by atoms with E-state index in [0.29, 0.717) is 18.5 Å². The molecule has 0 fully saturated rings. The summed E-state index contributed by atoms with van der Waals surface area (Å²) in [5, 5.41) is 16.4. The molecule has 0 bridgehead atoms. The van der Waals surface area contributed by atoms with Gasteiger partial charge in [-0.1, -0.05) is 13.8 Å². The van der Waals surface area contributed by atoms with Crippen LogP contribution in [0.5, 0.6) is 0 Å². The lowest BCUT2D eigenvalue weighted by Gasteiger charge is -2.19. The second-order valence-corrected chi connectivity index (χ2v) is 6.29. The van der Waals surface area contributed by atoms with Gasteiger partial charge in [0.2, 0.25) is 5.91 Å². The molecule has 0 aliphatic rings. The first-order chi connectivity index (χ1) is 12.0. The molecule has 0 spiro atoms. The van der Waals surface area contributed by atoms with Gasteiger partial charge in [-0.2, -0.15) is 13.2 Å². The Hall–Kier alpha value is -2.36. The number of nitrogens with one attached hydrogen (secondary N) is 2. The van der Waals surface area contributed by atoms with Gasteiger partial charge in [0.05, 0.1) is 10.5 Å². The number of alkyl halides is 3. The molecule has 26 heavy (non-hydrogen) atoms. The average molecular weight is 376 g/mol. The van der Waals surface area contributed by atoms with Crippen LogP contribution in [-0.2, 0) is 11.0 Å². The first kappa shape index (κ1) is 21.7. The van der Waals surface area contributed by atoms with Crippen molar-refractivity contribution in [1.82, 2.24) is 5.32 Å². The van der Waals surface area contributed by atoms with Crippen LogP contribution >= 0.6 is 0 Å². The molecule has 0 radical (unpaired) electrons. The number of nitro groups is 1. The lowest BCUT2D eigenvalue weighted by atomic mass is 10.0. The first-order valence-electron chi connectivity index (χ1n) is 8.13. The molecule has 10 heteroatoms. The Balaban J connectivity index is 2.67. The largest absolute Gasteiger partial charge is 0.416 e. The van der Waals surface area contributed by atoms with Crippen molar-refractivity contribution < 1.29 is 22.9 Å². The van der Waals surface area contributed by atoms with E-state index in [0.717, 1.165) is 18.6 Å². The summed E-state index contributed by atoms with van der Waals surface area (Å²) in [5.74, 6) is 0.0694. The van der Waals surface area contributed by atoms with Crippen molar-refractivity contribution in [3.63, 3.8) is 0 Å². The Kier molecular flexibility index (Phi) is 7.81. The number of amides is 1. The Morgan fingerprint density at radius 1 is 1.35 bits per heavy atom. The fourth-order valence-corrected chi connectivity index (χ4v) is 2.40. The summed E-state index contributed by atoms with van der Waals surface area (Å²) in [7, 11) is 0. The molecule has 4 N–H and O–H groups in total. The van der Waals surface area contributed by atoms with Crippen LogP contribution in [0.4, 0.5) is 24.5 Å². The molecule has 0 saturated carbocycles. The quantitative estimate of drug-likeness (QED) is 0.453. The van der Waals surface area contributed by atoms with Gasteiger partial charge in [-0.05, 0) is 24.5 Å². The highest BCUT2D eigenvalue weighted by Crippen LogP contribution is 2.34. The van der Waals surface area contributed by atoms with Gasteiger partial charge in [0.15, 0.2) is 0 Å². The van der Waals surface area contributed by atoms with Crippen LogP contribution in [0.3, 0.4) is 0 Å². The molecule has 1 unspecified atom stereocenters. The van der Waals surface area contributed by atoms with Crippen molar-refractivity contribution in [2.75, 3.05) is 18.4 Å². The van der Waals surface area contributed by atoms with Crippen LogP contribution in [0.1, 0.15) is 32.3 Å². The summed E-state index contributed by atoms with van der Waals surface area (Å²) in [6.07, 6.45) is -3.94. The Labute approximate surface area is 149 Å². The van der Waals surface area contributed by atoms with E-state index in [1.165, 1.54) is 0 Å². The molecule has 1 aromatic carbocycles. The highest BCUT2D eigenvalue weighted by molar-refractivity contribution is 5.77. The standard InChI is InChI=1S/C16H23F3N4O3/c1-10(2)7-12(9-20)22-15(24)5-6-21-13-4-3-11(16(17,18)19)8-14(13)23(25)26/h3-4,8,10,12,21H,5-7,9,20H2,1-2H3,(H,22,24). The predicted octanol–water partition coefficient (Wildman–Crippen LogP) is 2.91. The Bertz CT molecular complexity index is 636. The average Bonchev–Trinajstić information content (AvgIpc) is 2.52. The maximum Gasteiger partial charge on any atom is 0.416 e. The summed E-state index contributed by atoms with van der Waals surface area (Å²) in [6, 6.07) is 2.04. The third-order valence-electron chi connectivity index (χ3n) is 3.59. The van der Waals surface area contributed by atoms with E-state index in [9.17, 15) is 28.1 Å². The smallest absolute Gasteiger partial charge is 0.379 e. The fourth-order valence-electron chi connectivity index (χ4n) is 2.40. The maximum absolute atomic E-state index is 12.7. The number of anilines is 1. The van der Waals surface area contributed by atoms with Crippen molar-refractivity contribution in [3.05, 3.63) is 33.9 Å².